The van der Waals surface area contributed by atoms with Gasteiger partial charge < -0.3 is 25.2 Å². The van der Waals surface area contributed by atoms with Gasteiger partial charge >= 0.3 is 0 Å². The van der Waals surface area contributed by atoms with Crippen LogP contribution in [0.2, 0.25) is 0 Å². The van der Waals surface area contributed by atoms with E-state index in [9.17, 15) is 0 Å². The van der Waals surface area contributed by atoms with Crippen molar-refractivity contribution in [1.29, 1.82) is 0 Å². The van der Waals surface area contributed by atoms with Crippen LogP contribution in [0.25, 0.3) is 0 Å². The molecule has 0 bridgehead atoms. The van der Waals surface area contributed by atoms with Crippen molar-refractivity contribution in [2.24, 2.45) is 10.7 Å². The first kappa shape index (κ1) is 22.7. The lowest BCUT2D eigenvalue weighted by Gasteiger charge is -2.37. The van der Waals surface area contributed by atoms with E-state index in [-0.39, 0.29) is 6.17 Å². The average Bonchev–Trinajstić information content (AvgIpc) is 3.20. The molecule has 1 atom stereocenters. The number of hydrogen-bond acceptors (Lipinski definition) is 8. The van der Waals surface area contributed by atoms with Crippen molar-refractivity contribution in [2.45, 2.75) is 32.5 Å². The van der Waals surface area contributed by atoms with Crippen LogP contribution >= 0.6 is 11.3 Å². The van der Waals surface area contributed by atoms with Crippen LogP contribution < -0.4 is 15.4 Å². The Hall–Kier alpha value is -2.13. The van der Waals surface area contributed by atoms with E-state index in [4.69, 9.17) is 15.5 Å². The molecule has 33 heavy (non-hydrogen) atoms. The van der Waals surface area contributed by atoms with Gasteiger partial charge in [-0.3, -0.25) is 4.90 Å². The Morgan fingerprint density at radius 1 is 1.12 bits per heavy atom. The first-order valence-electron chi connectivity index (χ1n) is 12.2. The van der Waals surface area contributed by atoms with Crippen molar-refractivity contribution in [1.82, 2.24) is 14.7 Å². The van der Waals surface area contributed by atoms with Gasteiger partial charge in [-0.05, 0) is 51.1 Å². The molecular formula is C25H36N6OS. The van der Waals surface area contributed by atoms with E-state index in [1.54, 1.807) is 0 Å². The van der Waals surface area contributed by atoms with Gasteiger partial charge in [-0.2, -0.15) is 0 Å². The monoisotopic (exact) mass is 468 g/mol. The number of piperazine rings is 1. The minimum absolute atomic E-state index is 0.0622. The van der Waals surface area contributed by atoms with Crippen LogP contribution in [0.15, 0.2) is 29.3 Å². The SMILES string of the molecule is CCOc1ccccc1N1CCN(CCCN2C=Nc3sc4c(c3C2N)CCN(C)C4)CC1. The molecule has 3 aliphatic rings. The lowest BCUT2D eigenvalue weighted by molar-refractivity contribution is 0.233. The summed E-state index contributed by atoms with van der Waals surface area (Å²) < 4.78 is 5.83. The third-order valence-corrected chi connectivity index (χ3v) is 8.15. The fourth-order valence-corrected chi connectivity index (χ4v) is 6.50. The van der Waals surface area contributed by atoms with Crippen LogP contribution in [0.1, 0.15) is 35.5 Å². The third-order valence-electron chi connectivity index (χ3n) is 7.01. The number of para-hydroxylation sites is 2. The van der Waals surface area contributed by atoms with E-state index < -0.39 is 0 Å². The highest BCUT2D eigenvalue weighted by Crippen LogP contribution is 2.43. The van der Waals surface area contributed by atoms with Gasteiger partial charge in [0.2, 0.25) is 0 Å². The number of thiophene rings is 1. The first-order chi connectivity index (χ1) is 16.1. The quantitative estimate of drug-likeness (QED) is 0.673. The third kappa shape index (κ3) is 4.75. The molecule has 1 unspecified atom stereocenters. The Kier molecular flexibility index (Phi) is 6.87. The van der Waals surface area contributed by atoms with E-state index >= 15 is 0 Å². The molecule has 4 heterocycles. The summed E-state index contributed by atoms with van der Waals surface area (Å²) in [7, 11) is 2.19. The lowest BCUT2D eigenvalue weighted by atomic mass is 10.00. The summed E-state index contributed by atoms with van der Waals surface area (Å²) in [6.45, 7) is 11.1. The van der Waals surface area contributed by atoms with Crippen molar-refractivity contribution in [3.05, 3.63) is 40.3 Å². The predicted octanol–water partition coefficient (Wildman–Crippen LogP) is 3.28. The predicted molar refractivity (Wildman–Crippen MR) is 137 cm³/mol. The van der Waals surface area contributed by atoms with Crippen molar-refractivity contribution >= 4 is 28.4 Å². The van der Waals surface area contributed by atoms with Gasteiger partial charge in [0.1, 0.15) is 16.9 Å². The maximum Gasteiger partial charge on any atom is 0.142 e. The molecule has 0 radical (unpaired) electrons. The molecule has 0 spiro atoms. The fourth-order valence-electron chi connectivity index (χ4n) is 5.19. The number of fused-ring (bicyclic) bond motifs is 3. The minimum Gasteiger partial charge on any atom is -0.492 e. The van der Waals surface area contributed by atoms with Gasteiger partial charge in [-0.15, -0.1) is 11.3 Å². The molecule has 0 saturated carbocycles. The number of benzene rings is 1. The Morgan fingerprint density at radius 3 is 2.76 bits per heavy atom. The van der Waals surface area contributed by atoms with Gasteiger partial charge in [-0.1, -0.05) is 12.1 Å². The van der Waals surface area contributed by atoms with Gasteiger partial charge in [0.05, 0.1) is 18.6 Å². The van der Waals surface area contributed by atoms with Crippen LogP contribution in [0.3, 0.4) is 0 Å². The van der Waals surface area contributed by atoms with Gasteiger partial charge in [0, 0.05) is 56.3 Å². The number of anilines is 1. The molecule has 3 aliphatic heterocycles. The van der Waals surface area contributed by atoms with Crippen molar-refractivity contribution in [3.8, 4) is 5.75 Å². The second-order valence-electron chi connectivity index (χ2n) is 9.22. The smallest absolute Gasteiger partial charge is 0.142 e. The van der Waals surface area contributed by atoms with Crippen LogP contribution in [-0.4, -0.2) is 80.5 Å². The molecule has 7 nitrogen and oxygen atoms in total. The Labute approximate surface area is 201 Å². The van der Waals surface area contributed by atoms with Crippen molar-refractivity contribution in [2.75, 3.05) is 64.4 Å². The zero-order chi connectivity index (χ0) is 22.8. The molecule has 1 aromatic carbocycles. The molecule has 1 fully saturated rings. The van der Waals surface area contributed by atoms with Crippen LogP contribution in [0.5, 0.6) is 5.75 Å². The molecule has 2 N–H and O–H groups in total. The van der Waals surface area contributed by atoms with E-state index in [1.807, 2.05) is 30.7 Å². The molecule has 8 heteroatoms. The summed E-state index contributed by atoms with van der Waals surface area (Å²) in [5.41, 5.74) is 10.7. The summed E-state index contributed by atoms with van der Waals surface area (Å²) in [6.07, 6.45) is 4.10. The number of ether oxygens (including phenoxy) is 1. The maximum absolute atomic E-state index is 6.73. The number of aliphatic imine (C=N–C) groups is 1. The maximum atomic E-state index is 6.73. The number of rotatable bonds is 7. The average molecular weight is 469 g/mol. The van der Waals surface area contributed by atoms with Gasteiger partial charge in [0.25, 0.3) is 0 Å². The summed E-state index contributed by atoms with van der Waals surface area (Å²) in [5.74, 6) is 0.994. The van der Waals surface area contributed by atoms with Gasteiger partial charge in [-0.25, -0.2) is 4.99 Å². The largest absolute Gasteiger partial charge is 0.492 e. The summed E-state index contributed by atoms with van der Waals surface area (Å²) in [4.78, 5) is 15.9. The summed E-state index contributed by atoms with van der Waals surface area (Å²) in [6, 6.07) is 8.39. The summed E-state index contributed by atoms with van der Waals surface area (Å²) in [5, 5.41) is 1.13. The second-order valence-corrected chi connectivity index (χ2v) is 10.3. The second kappa shape index (κ2) is 10.0. The fraction of sp³-hybridized carbons (Fsp3) is 0.560. The molecule has 5 rings (SSSR count). The molecule has 2 aromatic rings. The zero-order valence-electron chi connectivity index (χ0n) is 19.9. The van der Waals surface area contributed by atoms with E-state index in [0.717, 1.165) is 76.0 Å². The highest BCUT2D eigenvalue weighted by molar-refractivity contribution is 7.16. The molecule has 1 saturated heterocycles. The minimum atomic E-state index is -0.0622. The number of nitrogens with zero attached hydrogens (tertiary/aromatic N) is 5. The van der Waals surface area contributed by atoms with Crippen molar-refractivity contribution in [3.63, 3.8) is 0 Å². The van der Waals surface area contributed by atoms with Crippen LogP contribution in [-0.2, 0) is 13.0 Å². The highest BCUT2D eigenvalue weighted by atomic mass is 32.1. The highest BCUT2D eigenvalue weighted by Gasteiger charge is 2.30. The summed E-state index contributed by atoms with van der Waals surface area (Å²) >= 11 is 1.83. The number of hydrogen-bond donors (Lipinski definition) is 1. The molecule has 0 amide bonds. The van der Waals surface area contributed by atoms with E-state index in [2.05, 4.69) is 44.8 Å². The van der Waals surface area contributed by atoms with E-state index in [0.29, 0.717) is 6.61 Å². The zero-order valence-corrected chi connectivity index (χ0v) is 20.7. The normalized spacial score (nSPS) is 21.2. The Morgan fingerprint density at radius 2 is 1.94 bits per heavy atom. The number of likely N-dealkylation sites (N-methyl/N-ethyl adjacent to an activating group) is 1. The van der Waals surface area contributed by atoms with Gasteiger partial charge in [0.15, 0.2) is 0 Å². The molecule has 178 valence electrons. The Bertz CT molecular complexity index is 983. The lowest BCUT2D eigenvalue weighted by Crippen LogP contribution is -2.47. The molecular weight excluding hydrogens is 432 g/mol. The standard InChI is InChI=1S/C25H36N6OS/c1-3-32-21-8-5-4-7-20(21)30-15-13-29(14-16-30)10-6-11-31-18-27-25-23(24(31)26)19-9-12-28(2)17-22(19)33-25/h4-5,7-8,18,24H,3,6,9-17,26H2,1-2H3. The number of nitrogens with two attached hydrogens (primary N) is 1. The topological polar surface area (TPSA) is 60.6 Å². The van der Waals surface area contributed by atoms with Crippen molar-refractivity contribution < 1.29 is 4.74 Å². The first-order valence-corrected chi connectivity index (χ1v) is 13.0. The molecule has 0 aliphatic carbocycles. The molecule has 1 aromatic heterocycles. The van der Waals surface area contributed by atoms with E-state index in [1.165, 1.54) is 21.7 Å². The van der Waals surface area contributed by atoms with Crippen LogP contribution in [0.4, 0.5) is 10.7 Å². The Balaban J connectivity index is 1.12. The van der Waals surface area contributed by atoms with Crippen LogP contribution in [0, 0.1) is 0 Å².